The Balaban J connectivity index is 2.01. The van der Waals surface area contributed by atoms with Gasteiger partial charge >= 0.3 is 0 Å². The molecular weight excluding hydrogens is 568 g/mol. The normalized spacial score (nSPS) is 12.5. The zero-order chi connectivity index (χ0) is 33.7. The first-order chi connectivity index (χ1) is 22.3. The molecule has 0 aliphatic rings. The van der Waals surface area contributed by atoms with E-state index < -0.39 is 5.41 Å². The van der Waals surface area contributed by atoms with Crippen molar-refractivity contribution in [2.24, 2.45) is 5.41 Å². The fraction of sp³-hybridized carbons (Fsp3) is 0.512. The van der Waals surface area contributed by atoms with Gasteiger partial charge in [-0.05, 0) is 102 Å². The molecule has 0 spiro atoms. The summed E-state index contributed by atoms with van der Waals surface area (Å²) in [6, 6.07) is 6.21. The summed E-state index contributed by atoms with van der Waals surface area (Å²) in [4.78, 5) is 24.8. The highest BCUT2D eigenvalue weighted by molar-refractivity contribution is 5.81. The average Bonchev–Trinajstić information content (AvgIpc) is 3.03. The Kier molecular flexibility index (Phi) is 23.4. The lowest BCUT2D eigenvalue weighted by molar-refractivity contribution is -0.129. The van der Waals surface area contributed by atoms with E-state index in [1.807, 2.05) is 20.8 Å². The van der Waals surface area contributed by atoms with Crippen LogP contribution in [0.15, 0.2) is 91.1 Å². The predicted molar refractivity (Wildman–Crippen MR) is 197 cm³/mol. The molecule has 5 nitrogen and oxygen atoms in total. The van der Waals surface area contributed by atoms with Gasteiger partial charge in [0.2, 0.25) is 11.8 Å². The molecule has 0 aliphatic heterocycles. The number of benzene rings is 1. The maximum atomic E-state index is 12.7. The molecule has 0 saturated carbocycles. The second-order valence-corrected chi connectivity index (χ2v) is 12.4. The Labute approximate surface area is 281 Å². The van der Waals surface area contributed by atoms with E-state index in [4.69, 9.17) is 4.74 Å². The molecule has 0 aromatic heterocycles. The van der Waals surface area contributed by atoms with Crippen LogP contribution in [0.2, 0.25) is 0 Å². The van der Waals surface area contributed by atoms with Crippen LogP contribution in [0.4, 0.5) is 0 Å². The lowest BCUT2D eigenvalue weighted by atomic mass is 9.87. The summed E-state index contributed by atoms with van der Waals surface area (Å²) >= 11 is 0. The van der Waals surface area contributed by atoms with Gasteiger partial charge in [-0.3, -0.25) is 9.59 Å². The topological polar surface area (TPSA) is 67.4 Å². The van der Waals surface area contributed by atoms with Crippen LogP contribution in [-0.4, -0.2) is 31.5 Å². The van der Waals surface area contributed by atoms with E-state index in [0.717, 1.165) is 81.9 Å². The van der Waals surface area contributed by atoms with Gasteiger partial charge in [-0.25, -0.2) is 0 Å². The van der Waals surface area contributed by atoms with Crippen molar-refractivity contribution in [3.05, 3.63) is 102 Å². The number of ether oxygens (including phenoxy) is 1. The predicted octanol–water partition coefficient (Wildman–Crippen LogP) is 9.98. The highest BCUT2D eigenvalue weighted by atomic mass is 16.5. The largest absolute Gasteiger partial charge is 0.493 e. The summed E-state index contributed by atoms with van der Waals surface area (Å²) in [5.74, 6) is 1.07. The van der Waals surface area contributed by atoms with Crippen LogP contribution < -0.4 is 15.4 Å². The highest BCUT2D eigenvalue weighted by Gasteiger charge is 2.26. The van der Waals surface area contributed by atoms with Crippen molar-refractivity contribution < 1.29 is 14.3 Å². The zero-order valence-electron chi connectivity index (χ0n) is 29.5. The van der Waals surface area contributed by atoms with Crippen LogP contribution in [0.25, 0.3) is 0 Å². The molecule has 2 N–H and O–H groups in total. The van der Waals surface area contributed by atoms with Gasteiger partial charge < -0.3 is 15.4 Å². The maximum absolute atomic E-state index is 12.7. The smallest absolute Gasteiger partial charge is 0.225 e. The Morgan fingerprint density at radius 1 is 0.717 bits per heavy atom. The molecule has 0 saturated heterocycles. The van der Waals surface area contributed by atoms with Crippen molar-refractivity contribution >= 4 is 11.8 Å². The van der Waals surface area contributed by atoms with Gasteiger partial charge in [0.1, 0.15) is 5.75 Å². The van der Waals surface area contributed by atoms with Gasteiger partial charge in [0.25, 0.3) is 0 Å². The Morgan fingerprint density at radius 2 is 1.24 bits per heavy atom. The summed E-state index contributed by atoms with van der Waals surface area (Å²) in [6.45, 7) is 12.1. The maximum Gasteiger partial charge on any atom is 0.225 e. The van der Waals surface area contributed by atoms with Crippen LogP contribution in [0.1, 0.15) is 109 Å². The second-order valence-electron chi connectivity index (χ2n) is 12.4. The summed E-state index contributed by atoms with van der Waals surface area (Å²) < 4.78 is 5.94. The first-order valence-electron chi connectivity index (χ1n) is 17.4. The molecular formula is C41H62N2O3. The number of unbranched alkanes of at least 4 members (excludes halogenated alkanes) is 1. The van der Waals surface area contributed by atoms with Crippen LogP contribution >= 0.6 is 0 Å². The first-order valence-corrected chi connectivity index (χ1v) is 17.4. The number of hydrogen-bond acceptors (Lipinski definition) is 3. The van der Waals surface area contributed by atoms with Crippen LogP contribution in [0, 0.1) is 19.3 Å². The number of carbonyl (C=O) groups is 2. The first kappa shape index (κ1) is 40.4. The molecule has 0 heterocycles. The Hall–Kier alpha value is -3.60. The molecule has 1 aromatic carbocycles. The quantitative estimate of drug-likeness (QED) is 0.0835. The molecule has 0 fully saturated rings. The summed E-state index contributed by atoms with van der Waals surface area (Å²) in [6.07, 6.45) is 36.6. The minimum Gasteiger partial charge on any atom is -0.493 e. The second kappa shape index (κ2) is 26.6. The van der Waals surface area contributed by atoms with Crippen molar-refractivity contribution in [3.8, 4) is 5.75 Å². The molecule has 1 aromatic rings. The standard InChI is InChI=1S/C41H62N2O3/c1-6-7-8-9-10-11-12-13-14-15-16-17-18-19-20-21-22-23-24-28-39(44)42-32-25-26-33-43-40(45)41(4,5)31-27-34-46-38-35-36(2)29-30-37(38)3/h7-8,10-11,13-14,16-17,19-20,22-23,29-30,35H,6,9,12,15,18,21,24-28,31-34H2,1-5H3,(H,42,44)(H,43,45)/b8-7-,11-10-,14-13-,17-16-,20-19-,23-22-. The number of amides is 2. The molecule has 5 heteroatoms. The van der Waals surface area contributed by atoms with Crippen molar-refractivity contribution in [3.63, 3.8) is 0 Å². The molecule has 254 valence electrons. The summed E-state index contributed by atoms with van der Waals surface area (Å²) in [5, 5.41) is 6.04. The average molecular weight is 631 g/mol. The number of rotatable bonds is 25. The van der Waals surface area contributed by atoms with Crippen molar-refractivity contribution in [2.45, 2.75) is 112 Å². The van der Waals surface area contributed by atoms with Crippen LogP contribution in [0.5, 0.6) is 5.75 Å². The molecule has 0 unspecified atom stereocenters. The van der Waals surface area contributed by atoms with Gasteiger partial charge in [-0.2, -0.15) is 0 Å². The van der Waals surface area contributed by atoms with Gasteiger partial charge in [0, 0.05) is 24.9 Å². The van der Waals surface area contributed by atoms with E-state index >= 15 is 0 Å². The van der Waals surface area contributed by atoms with E-state index in [1.54, 1.807) is 0 Å². The van der Waals surface area contributed by atoms with E-state index in [-0.39, 0.29) is 11.8 Å². The van der Waals surface area contributed by atoms with Crippen molar-refractivity contribution in [2.75, 3.05) is 19.7 Å². The third-order valence-corrected chi connectivity index (χ3v) is 7.51. The third kappa shape index (κ3) is 22.0. The number of allylic oxidation sites excluding steroid dienone is 12. The highest BCUT2D eigenvalue weighted by Crippen LogP contribution is 2.24. The number of nitrogens with one attached hydrogen (secondary N) is 2. The SMILES string of the molecule is CC/C=C\C/C=C\C/C=C\C/C=C\C/C=C\C/C=C\CCC(=O)NCCCCNC(=O)C(C)(C)CCCOc1cc(C)ccc1C. The number of hydrogen-bond donors (Lipinski definition) is 2. The number of aryl methyl sites for hydroxylation is 2. The zero-order valence-corrected chi connectivity index (χ0v) is 29.5. The fourth-order valence-corrected chi connectivity index (χ4v) is 4.53. The minimum atomic E-state index is -0.444. The third-order valence-electron chi connectivity index (χ3n) is 7.51. The summed E-state index contributed by atoms with van der Waals surface area (Å²) in [7, 11) is 0. The van der Waals surface area contributed by atoms with Crippen LogP contribution in [-0.2, 0) is 9.59 Å². The van der Waals surface area contributed by atoms with E-state index in [1.165, 1.54) is 5.56 Å². The van der Waals surface area contributed by atoms with Gasteiger partial charge in [-0.15, -0.1) is 0 Å². The fourth-order valence-electron chi connectivity index (χ4n) is 4.53. The molecule has 0 aliphatic carbocycles. The molecule has 0 atom stereocenters. The van der Waals surface area contributed by atoms with Gasteiger partial charge in [-0.1, -0.05) is 106 Å². The lowest BCUT2D eigenvalue weighted by Gasteiger charge is -2.23. The molecule has 46 heavy (non-hydrogen) atoms. The molecule has 0 bridgehead atoms. The van der Waals surface area contributed by atoms with Gasteiger partial charge in [0.05, 0.1) is 6.61 Å². The summed E-state index contributed by atoms with van der Waals surface area (Å²) in [5.41, 5.74) is 1.87. The van der Waals surface area contributed by atoms with E-state index in [2.05, 4.69) is 116 Å². The van der Waals surface area contributed by atoms with E-state index in [9.17, 15) is 9.59 Å². The molecule has 0 radical (unpaired) electrons. The minimum absolute atomic E-state index is 0.0691. The number of carbonyl (C=O) groups excluding carboxylic acids is 2. The monoisotopic (exact) mass is 630 g/mol. The molecule has 2 amide bonds. The lowest BCUT2D eigenvalue weighted by Crippen LogP contribution is -2.37. The van der Waals surface area contributed by atoms with Crippen LogP contribution in [0.3, 0.4) is 0 Å². The van der Waals surface area contributed by atoms with E-state index in [0.29, 0.717) is 26.1 Å². The Morgan fingerprint density at radius 3 is 1.80 bits per heavy atom. The Bertz CT molecular complexity index is 1150. The van der Waals surface area contributed by atoms with Gasteiger partial charge in [0.15, 0.2) is 0 Å². The molecule has 1 rings (SSSR count). The van der Waals surface area contributed by atoms with Crippen molar-refractivity contribution in [1.29, 1.82) is 0 Å². The van der Waals surface area contributed by atoms with Crippen molar-refractivity contribution in [1.82, 2.24) is 10.6 Å².